The zero-order valence-electron chi connectivity index (χ0n) is 12.4. The maximum absolute atomic E-state index is 12.1. The van der Waals surface area contributed by atoms with Gasteiger partial charge in [0.1, 0.15) is 0 Å². The van der Waals surface area contributed by atoms with E-state index in [4.69, 9.17) is 10.5 Å². The molecule has 1 rings (SSSR count). The predicted molar refractivity (Wildman–Crippen MR) is 78.6 cm³/mol. The van der Waals surface area contributed by atoms with Gasteiger partial charge in [-0.3, -0.25) is 4.79 Å². The van der Waals surface area contributed by atoms with Crippen LogP contribution in [0, 0.1) is 12.8 Å². The van der Waals surface area contributed by atoms with Crippen molar-refractivity contribution < 1.29 is 14.3 Å². The maximum Gasteiger partial charge on any atom is 0.338 e. The van der Waals surface area contributed by atoms with Crippen LogP contribution in [0.25, 0.3) is 0 Å². The van der Waals surface area contributed by atoms with Crippen molar-refractivity contribution in [2.24, 2.45) is 11.7 Å². The number of nitrogens with one attached hydrogen (secondary N) is 1. The standard InChI is InChI=1S/C15H22N2O3/c1-5-9(2)13(16)14(18)17-12-8-6-7-11(10(12)3)15(19)20-4/h6-9,13H,5,16H2,1-4H3,(H,17,18)/t9?,13-/m0/s1. The van der Waals surface area contributed by atoms with Crippen molar-refractivity contribution in [1.82, 2.24) is 0 Å². The number of benzene rings is 1. The van der Waals surface area contributed by atoms with E-state index in [-0.39, 0.29) is 11.8 Å². The molecule has 110 valence electrons. The molecular formula is C15H22N2O3. The lowest BCUT2D eigenvalue weighted by Gasteiger charge is -2.19. The molecule has 0 spiro atoms. The number of hydrogen-bond donors (Lipinski definition) is 2. The molecule has 2 atom stereocenters. The Balaban J connectivity index is 2.94. The van der Waals surface area contributed by atoms with Crippen LogP contribution in [0.4, 0.5) is 5.69 Å². The number of ether oxygens (including phenoxy) is 1. The third-order valence-corrected chi connectivity index (χ3v) is 3.56. The van der Waals surface area contributed by atoms with Gasteiger partial charge in [0.05, 0.1) is 18.7 Å². The third kappa shape index (κ3) is 3.57. The first kappa shape index (κ1) is 16.2. The van der Waals surface area contributed by atoms with E-state index in [9.17, 15) is 9.59 Å². The molecule has 1 amide bonds. The van der Waals surface area contributed by atoms with Gasteiger partial charge >= 0.3 is 5.97 Å². The fourth-order valence-corrected chi connectivity index (χ4v) is 1.83. The summed E-state index contributed by atoms with van der Waals surface area (Å²) < 4.78 is 4.70. The number of hydrogen-bond acceptors (Lipinski definition) is 4. The number of nitrogens with two attached hydrogens (primary N) is 1. The second kappa shape index (κ2) is 7.05. The molecular weight excluding hydrogens is 256 g/mol. The molecule has 1 aromatic rings. The Kier molecular flexibility index (Phi) is 5.70. The summed E-state index contributed by atoms with van der Waals surface area (Å²) in [4.78, 5) is 23.7. The zero-order chi connectivity index (χ0) is 15.3. The zero-order valence-corrected chi connectivity index (χ0v) is 12.4. The van der Waals surface area contributed by atoms with Crippen molar-refractivity contribution in [3.05, 3.63) is 29.3 Å². The van der Waals surface area contributed by atoms with Gasteiger partial charge in [-0.1, -0.05) is 26.3 Å². The van der Waals surface area contributed by atoms with E-state index in [0.29, 0.717) is 16.8 Å². The van der Waals surface area contributed by atoms with E-state index in [1.54, 1.807) is 25.1 Å². The van der Waals surface area contributed by atoms with Crippen molar-refractivity contribution in [1.29, 1.82) is 0 Å². The molecule has 0 saturated heterocycles. The van der Waals surface area contributed by atoms with E-state index < -0.39 is 12.0 Å². The summed E-state index contributed by atoms with van der Waals surface area (Å²) in [6, 6.07) is 4.53. The summed E-state index contributed by atoms with van der Waals surface area (Å²) in [6.45, 7) is 5.68. The number of anilines is 1. The van der Waals surface area contributed by atoms with Crippen LogP contribution in [0.1, 0.15) is 36.2 Å². The van der Waals surface area contributed by atoms with Crippen molar-refractivity contribution in [2.45, 2.75) is 33.2 Å². The topological polar surface area (TPSA) is 81.4 Å². The summed E-state index contributed by atoms with van der Waals surface area (Å²) in [7, 11) is 1.33. The minimum Gasteiger partial charge on any atom is -0.465 e. The van der Waals surface area contributed by atoms with Gasteiger partial charge < -0.3 is 15.8 Å². The lowest BCUT2D eigenvalue weighted by Crippen LogP contribution is -2.40. The van der Waals surface area contributed by atoms with Crippen molar-refractivity contribution in [3.63, 3.8) is 0 Å². The summed E-state index contributed by atoms with van der Waals surface area (Å²) in [5, 5.41) is 2.77. The van der Waals surface area contributed by atoms with Crippen molar-refractivity contribution in [3.8, 4) is 0 Å². The van der Waals surface area contributed by atoms with Gasteiger partial charge in [-0.15, -0.1) is 0 Å². The molecule has 3 N–H and O–H groups in total. The quantitative estimate of drug-likeness (QED) is 0.808. The van der Waals surface area contributed by atoms with Gasteiger partial charge in [0, 0.05) is 5.69 Å². The second-order valence-electron chi connectivity index (χ2n) is 4.87. The van der Waals surface area contributed by atoms with Crippen LogP contribution in [-0.2, 0) is 9.53 Å². The monoisotopic (exact) mass is 278 g/mol. The van der Waals surface area contributed by atoms with E-state index in [1.807, 2.05) is 13.8 Å². The Morgan fingerprint density at radius 3 is 2.60 bits per heavy atom. The molecule has 0 aliphatic heterocycles. The van der Waals surface area contributed by atoms with Gasteiger partial charge in [0.25, 0.3) is 0 Å². The van der Waals surface area contributed by atoms with E-state index >= 15 is 0 Å². The van der Waals surface area contributed by atoms with E-state index in [0.717, 1.165) is 6.42 Å². The van der Waals surface area contributed by atoms with Crippen LogP contribution >= 0.6 is 0 Å². The first-order valence-electron chi connectivity index (χ1n) is 6.66. The first-order chi connectivity index (χ1) is 9.42. The lowest BCUT2D eigenvalue weighted by atomic mass is 9.99. The van der Waals surface area contributed by atoms with Crippen LogP contribution in [0.3, 0.4) is 0 Å². The molecule has 0 bridgehead atoms. The minimum absolute atomic E-state index is 0.0964. The largest absolute Gasteiger partial charge is 0.465 e. The third-order valence-electron chi connectivity index (χ3n) is 3.56. The fourth-order valence-electron chi connectivity index (χ4n) is 1.83. The summed E-state index contributed by atoms with van der Waals surface area (Å²) in [5.41, 5.74) is 7.57. The number of amides is 1. The lowest BCUT2D eigenvalue weighted by molar-refractivity contribution is -0.118. The van der Waals surface area contributed by atoms with Crippen LogP contribution < -0.4 is 11.1 Å². The van der Waals surface area contributed by atoms with Gasteiger partial charge in [-0.2, -0.15) is 0 Å². The number of esters is 1. The Hall–Kier alpha value is -1.88. The summed E-state index contributed by atoms with van der Waals surface area (Å²) in [5.74, 6) is -0.576. The molecule has 0 aliphatic carbocycles. The molecule has 1 unspecified atom stereocenters. The van der Waals surface area contributed by atoms with Gasteiger partial charge in [-0.05, 0) is 30.5 Å². The Bertz CT molecular complexity index is 500. The normalized spacial score (nSPS) is 13.4. The Labute approximate surface area is 119 Å². The van der Waals surface area contributed by atoms with Gasteiger partial charge in [0.2, 0.25) is 5.91 Å². The molecule has 5 heteroatoms. The summed E-state index contributed by atoms with van der Waals surface area (Å²) >= 11 is 0. The molecule has 0 saturated carbocycles. The molecule has 0 aromatic heterocycles. The molecule has 0 fully saturated rings. The predicted octanol–water partition coefficient (Wildman–Crippen LogP) is 2.09. The molecule has 20 heavy (non-hydrogen) atoms. The average Bonchev–Trinajstić information content (AvgIpc) is 2.46. The van der Waals surface area contributed by atoms with Crippen LogP contribution in [0.15, 0.2) is 18.2 Å². The smallest absolute Gasteiger partial charge is 0.338 e. The van der Waals surface area contributed by atoms with Crippen LogP contribution in [0.2, 0.25) is 0 Å². The highest BCUT2D eigenvalue weighted by Crippen LogP contribution is 2.20. The van der Waals surface area contributed by atoms with Crippen molar-refractivity contribution in [2.75, 3.05) is 12.4 Å². The molecule has 1 aromatic carbocycles. The number of carbonyl (C=O) groups excluding carboxylic acids is 2. The highest BCUT2D eigenvalue weighted by molar-refractivity contribution is 5.98. The molecule has 0 radical (unpaired) electrons. The van der Waals surface area contributed by atoms with Gasteiger partial charge in [-0.25, -0.2) is 4.79 Å². The SMILES string of the molecule is CCC(C)[C@H](N)C(=O)Nc1cccc(C(=O)OC)c1C. The highest BCUT2D eigenvalue weighted by atomic mass is 16.5. The summed E-state index contributed by atoms with van der Waals surface area (Å²) in [6.07, 6.45) is 0.829. The van der Waals surface area contributed by atoms with Crippen LogP contribution in [-0.4, -0.2) is 25.0 Å². The minimum atomic E-state index is -0.568. The Morgan fingerprint density at radius 2 is 2.05 bits per heavy atom. The van der Waals surface area contributed by atoms with E-state index in [1.165, 1.54) is 7.11 Å². The molecule has 0 aliphatic rings. The van der Waals surface area contributed by atoms with Gasteiger partial charge in [0.15, 0.2) is 0 Å². The molecule has 5 nitrogen and oxygen atoms in total. The number of rotatable bonds is 5. The highest BCUT2D eigenvalue weighted by Gasteiger charge is 2.21. The maximum atomic E-state index is 12.1. The fraction of sp³-hybridized carbons (Fsp3) is 0.467. The van der Waals surface area contributed by atoms with Crippen molar-refractivity contribution >= 4 is 17.6 Å². The number of carbonyl (C=O) groups is 2. The van der Waals surface area contributed by atoms with E-state index in [2.05, 4.69) is 5.32 Å². The number of methoxy groups -OCH3 is 1. The second-order valence-corrected chi connectivity index (χ2v) is 4.87. The molecule has 0 heterocycles. The Morgan fingerprint density at radius 1 is 1.40 bits per heavy atom. The first-order valence-corrected chi connectivity index (χ1v) is 6.66. The average molecular weight is 278 g/mol. The van der Waals surface area contributed by atoms with Crippen LogP contribution in [0.5, 0.6) is 0 Å².